The molecule has 60 valence electrons. The molecule has 0 aromatic carbocycles. The zero-order valence-corrected chi connectivity index (χ0v) is 6.92. The van der Waals surface area contributed by atoms with Crippen LogP contribution in [0.15, 0.2) is 23.8 Å². The van der Waals surface area contributed by atoms with Crippen LogP contribution >= 0.6 is 0 Å². The molecule has 1 rings (SSSR count). The number of carbonyl (C=O) groups excluding carboxylic acids is 1. The zero-order chi connectivity index (χ0) is 8.10. The summed E-state index contributed by atoms with van der Waals surface area (Å²) in [5, 5.41) is 0. The molecule has 1 aliphatic rings. The number of rotatable bonds is 2. The van der Waals surface area contributed by atoms with E-state index in [9.17, 15) is 4.79 Å². The van der Waals surface area contributed by atoms with Gasteiger partial charge in [-0.05, 0) is 37.7 Å². The summed E-state index contributed by atoms with van der Waals surface area (Å²) in [4.78, 5) is 10.3. The summed E-state index contributed by atoms with van der Waals surface area (Å²) in [6, 6.07) is 0. The first-order chi connectivity index (χ1) is 5.33. The normalized spacial score (nSPS) is 25.2. The molecule has 1 nitrogen and oxygen atoms in total. The molecule has 0 heterocycles. The van der Waals surface area contributed by atoms with Gasteiger partial charge in [-0.15, -0.1) is 0 Å². The highest BCUT2D eigenvalue weighted by Crippen LogP contribution is 2.19. The summed E-state index contributed by atoms with van der Waals surface area (Å²) in [5.41, 5.74) is 0.866. The summed E-state index contributed by atoms with van der Waals surface area (Å²) >= 11 is 0. The Hall–Kier alpha value is -0.850. The van der Waals surface area contributed by atoms with Crippen LogP contribution in [0.3, 0.4) is 0 Å². The predicted molar refractivity (Wildman–Crippen MR) is 46.3 cm³/mol. The van der Waals surface area contributed by atoms with Crippen LogP contribution in [0.2, 0.25) is 0 Å². The minimum atomic E-state index is 0.602. The highest BCUT2D eigenvalue weighted by Gasteiger charge is 2.05. The van der Waals surface area contributed by atoms with Crippen molar-refractivity contribution < 1.29 is 4.79 Å². The second-order valence-electron chi connectivity index (χ2n) is 3.07. The lowest BCUT2D eigenvalue weighted by Crippen LogP contribution is -1.99. The van der Waals surface area contributed by atoms with E-state index in [1.807, 2.05) is 6.92 Å². The van der Waals surface area contributed by atoms with Gasteiger partial charge < -0.3 is 0 Å². The first-order valence-electron chi connectivity index (χ1n) is 4.11. The van der Waals surface area contributed by atoms with Gasteiger partial charge in [0.2, 0.25) is 0 Å². The van der Waals surface area contributed by atoms with Crippen LogP contribution in [0, 0.1) is 5.92 Å². The molecule has 1 unspecified atom stereocenters. The first-order valence-corrected chi connectivity index (χ1v) is 4.11. The SMILES string of the molecule is C/C(C=O)=C\C1CC=CCC1. The van der Waals surface area contributed by atoms with Crippen molar-refractivity contribution in [1.82, 2.24) is 0 Å². The molecule has 0 N–H and O–H groups in total. The Bertz CT molecular complexity index is 189. The van der Waals surface area contributed by atoms with Gasteiger partial charge in [-0.1, -0.05) is 18.2 Å². The van der Waals surface area contributed by atoms with Crippen molar-refractivity contribution in [3.05, 3.63) is 23.8 Å². The highest BCUT2D eigenvalue weighted by atomic mass is 16.1. The van der Waals surface area contributed by atoms with E-state index in [0.717, 1.165) is 24.7 Å². The van der Waals surface area contributed by atoms with Gasteiger partial charge in [0.1, 0.15) is 6.29 Å². The highest BCUT2D eigenvalue weighted by molar-refractivity contribution is 5.72. The van der Waals surface area contributed by atoms with Crippen LogP contribution in [-0.4, -0.2) is 6.29 Å². The molecule has 0 radical (unpaired) electrons. The third-order valence-electron chi connectivity index (χ3n) is 1.99. The van der Waals surface area contributed by atoms with E-state index in [1.165, 1.54) is 6.42 Å². The Balaban J connectivity index is 2.48. The van der Waals surface area contributed by atoms with Crippen molar-refractivity contribution in [2.24, 2.45) is 5.92 Å². The maximum atomic E-state index is 10.3. The lowest BCUT2D eigenvalue weighted by Gasteiger charge is -2.12. The molecule has 11 heavy (non-hydrogen) atoms. The second-order valence-corrected chi connectivity index (χ2v) is 3.07. The van der Waals surface area contributed by atoms with Gasteiger partial charge in [-0.3, -0.25) is 4.79 Å². The average Bonchev–Trinajstić information content (AvgIpc) is 2.06. The van der Waals surface area contributed by atoms with E-state index < -0.39 is 0 Å². The number of carbonyl (C=O) groups is 1. The summed E-state index contributed by atoms with van der Waals surface area (Å²) in [6.45, 7) is 1.87. The first kappa shape index (κ1) is 8.25. The van der Waals surface area contributed by atoms with Gasteiger partial charge in [-0.2, -0.15) is 0 Å². The largest absolute Gasteiger partial charge is 0.298 e. The molecule has 0 aromatic rings. The minimum absolute atomic E-state index is 0.602. The molecule has 0 aliphatic heterocycles. The lowest BCUT2D eigenvalue weighted by atomic mass is 9.93. The van der Waals surface area contributed by atoms with Crippen LogP contribution in [0.1, 0.15) is 26.2 Å². The van der Waals surface area contributed by atoms with E-state index in [2.05, 4.69) is 18.2 Å². The van der Waals surface area contributed by atoms with E-state index in [0.29, 0.717) is 5.92 Å². The monoisotopic (exact) mass is 150 g/mol. The summed E-state index contributed by atoms with van der Waals surface area (Å²) in [6.07, 6.45) is 10.9. The third-order valence-corrected chi connectivity index (χ3v) is 1.99. The standard InChI is InChI=1S/C10H14O/c1-9(8-11)7-10-5-3-2-4-6-10/h2-3,7-8,10H,4-6H2,1H3/b9-7+. The molecule has 0 saturated carbocycles. The molecule has 0 aromatic heterocycles. The van der Waals surface area contributed by atoms with Gasteiger partial charge in [0.25, 0.3) is 0 Å². The molecule has 0 fully saturated rings. The van der Waals surface area contributed by atoms with Crippen molar-refractivity contribution >= 4 is 6.29 Å². The van der Waals surface area contributed by atoms with Crippen molar-refractivity contribution in [3.63, 3.8) is 0 Å². The Morgan fingerprint density at radius 3 is 2.91 bits per heavy atom. The molecule has 1 aliphatic carbocycles. The second kappa shape index (κ2) is 4.12. The number of hydrogen-bond donors (Lipinski definition) is 0. The van der Waals surface area contributed by atoms with Crippen molar-refractivity contribution in [3.8, 4) is 0 Å². The topological polar surface area (TPSA) is 17.1 Å². The van der Waals surface area contributed by atoms with E-state index in [4.69, 9.17) is 0 Å². The van der Waals surface area contributed by atoms with Crippen LogP contribution in [-0.2, 0) is 4.79 Å². The number of hydrogen-bond acceptors (Lipinski definition) is 1. The zero-order valence-electron chi connectivity index (χ0n) is 6.92. The van der Waals surface area contributed by atoms with Crippen LogP contribution in [0.25, 0.3) is 0 Å². The maximum Gasteiger partial charge on any atom is 0.145 e. The van der Waals surface area contributed by atoms with Crippen molar-refractivity contribution in [2.75, 3.05) is 0 Å². The van der Waals surface area contributed by atoms with E-state index in [-0.39, 0.29) is 0 Å². The predicted octanol–water partition coefficient (Wildman–Crippen LogP) is 2.49. The Kier molecular flexibility index (Phi) is 3.09. The third kappa shape index (κ3) is 2.71. The van der Waals surface area contributed by atoms with Gasteiger partial charge in [0, 0.05) is 0 Å². The van der Waals surface area contributed by atoms with Gasteiger partial charge >= 0.3 is 0 Å². The van der Waals surface area contributed by atoms with Gasteiger partial charge in [0.05, 0.1) is 0 Å². The smallest absolute Gasteiger partial charge is 0.145 e. The number of aldehydes is 1. The summed E-state index contributed by atoms with van der Waals surface area (Å²) < 4.78 is 0. The van der Waals surface area contributed by atoms with E-state index in [1.54, 1.807) is 0 Å². The Morgan fingerprint density at radius 1 is 1.55 bits per heavy atom. The fourth-order valence-corrected chi connectivity index (χ4v) is 1.38. The average molecular weight is 150 g/mol. The molecule has 1 heteroatoms. The van der Waals surface area contributed by atoms with Crippen molar-refractivity contribution in [1.29, 1.82) is 0 Å². The summed E-state index contributed by atoms with van der Waals surface area (Å²) in [7, 11) is 0. The minimum Gasteiger partial charge on any atom is -0.298 e. The van der Waals surface area contributed by atoms with Gasteiger partial charge in [-0.25, -0.2) is 0 Å². The molecule has 0 spiro atoms. The molecule has 0 saturated heterocycles. The summed E-state index contributed by atoms with van der Waals surface area (Å²) in [5.74, 6) is 0.602. The van der Waals surface area contributed by atoms with E-state index >= 15 is 0 Å². The quantitative estimate of drug-likeness (QED) is 0.336. The Labute approximate surface area is 67.8 Å². The number of allylic oxidation sites excluding steroid dienone is 4. The molecule has 0 amide bonds. The van der Waals surface area contributed by atoms with Crippen LogP contribution in [0.5, 0.6) is 0 Å². The maximum absolute atomic E-state index is 10.3. The molecular weight excluding hydrogens is 136 g/mol. The Morgan fingerprint density at radius 2 is 2.36 bits per heavy atom. The fourth-order valence-electron chi connectivity index (χ4n) is 1.38. The van der Waals surface area contributed by atoms with Crippen molar-refractivity contribution in [2.45, 2.75) is 26.2 Å². The van der Waals surface area contributed by atoms with Crippen LogP contribution < -0.4 is 0 Å². The lowest BCUT2D eigenvalue weighted by molar-refractivity contribution is -0.104. The molecule has 1 atom stereocenters. The fraction of sp³-hybridized carbons (Fsp3) is 0.500. The molecule has 0 bridgehead atoms. The molecular formula is C10H14O. The van der Waals surface area contributed by atoms with Gasteiger partial charge in [0.15, 0.2) is 0 Å². The van der Waals surface area contributed by atoms with Crippen LogP contribution in [0.4, 0.5) is 0 Å².